The molecule has 1 aliphatic rings. The van der Waals surface area contributed by atoms with Crippen LogP contribution in [0.3, 0.4) is 0 Å². The van der Waals surface area contributed by atoms with Gasteiger partial charge in [0.05, 0.1) is 11.3 Å². The number of hydrogen-bond acceptors (Lipinski definition) is 7. The molecule has 8 heteroatoms. The predicted molar refractivity (Wildman–Crippen MR) is 144 cm³/mol. The number of unbranched alkanes of at least 4 members (excludes halogenated alkanes) is 1. The first-order valence-corrected chi connectivity index (χ1v) is 12.7. The highest BCUT2D eigenvalue weighted by Crippen LogP contribution is 2.30. The molecule has 1 amide bonds. The molecule has 0 radical (unpaired) electrons. The summed E-state index contributed by atoms with van der Waals surface area (Å²) >= 11 is 0. The van der Waals surface area contributed by atoms with E-state index in [9.17, 15) is 4.79 Å². The Morgan fingerprint density at radius 2 is 2.00 bits per heavy atom. The molecule has 1 aromatic heterocycles. The molecule has 192 valence electrons. The van der Waals surface area contributed by atoms with E-state index in [2.05, 4.69) is 27.8 Å². The van der Waals surface area contributed by atoms with Crippen molar-refractivity contribution in [1.29, 1.82) is 5.41 Å². The summed E-state index contributed by atoms with van der Waals surface area (Å²) in [6.07, 6.45) is 5.10. The molecule has 1 aromatic carbocycles. The van der Waals surface area contributed by atoms with Crippen LogP contribution in [0.2, 0.25) is 0 Å². The maximum absolute atomic E-state index is 13.0. The van der Waals surface area contributed by atoms with E-state index in [1.54, 1.807) is 12.1 Å². The highest BCUT2D eigenvalue weighted by Gasteiger charge is 2.22. The largest absolute Gasteiger partial charge is 0.396 e. The van der Waals surface area contributed by atoms with Gasteiger partial charge < -0.3 is 31.2 Å². The maximum atomic E-state index is 13.0. The van der Waals surface area contributed by atoms with E-state index in [0.29, 0.717) is 62.5 Å². The average molecular weight is 492 g/mol. The lowest BCUT2D eigenvalue weighted by Crippen LogP contribution is -2.31. The molecule has 36 heavy (non-hydrogen) atoms. The summed E-state index contributed by atoms with van der Waals surface area (Å²) in [5.41, 5.74) is 4.74. The second kappa shape index (κ2) is 14.2. The Morgan fingerprint density at radius 3 is 2.64 bits per heavy atom. The number of aliphatic hydroxyl groups is 1. The van der Waals surface area contributed by atoms with Gasteiger partial charge in [0.1, 0.15) is 5.82 Å². The summed E-state index contributed by atoms with van der Waals surface area (Å²) < 4.78 is 5.52. The fourth-order valence-electron chi connectivity index (χ4n) is 4.13. The van der Waals surface area contributed by atoms with Crippen molar-refractivity contribution in [3.63, 3.8) is 0 Å². The first-order valence-electron chi connectivity index (χ1n) is 12.7. The number of rotatable bonds is 11. The van der Waals surface area contributed by atoms with Crippen molar-refractivity contribution < 1.29 is 14.6 Å². The number of nitrogens with one attached hydrogen (secondary N) is 4. The molecule has 8 nitrogen and oxygen atoms in total. The molecule has 0 unspecified atom stereocenters. The summed E-state index contributed by atoms with van der Waals surface area (Å²) in [5.74, 6) is 6.57. The van der Waals surface area contributed by atoms with Crippen molar-refractivity contribution in [3.8, 4) is 11.8 Å². The van der Waals surface area contributed by atoms with E-state index in [-0.39, 0.29) is 18.6 Å². The third-order valence-corrected chi connectivity index (χ3v) is 6.08. The van der Waals surface area contributed by atoms with Crippen LogP contribution in [0.4, 0.5) is 11.5 Å². The number of anilines is 2. The fraction of sp³-hybridized carbons (Fsp3) is 0.464. The number of hydrogen-bond donors (Lipinski definition) is 5. The molecule has 0 atom stereocenters. The molecular weight excluding hydrogens is 454 g/mol. The van der Waals surface area contributed by atoms with Crippen LogP contribution in [-0.2, 0) is 17.7 Å². The summed E-state index contributed by atoms with van der Waals surface area (Å²) in [6, 6.07) is 7.43. The summed E-state index contributed by atoms with van der Waals surface area (Å²) in [7, 11) is 0. The lowest BCUT2D eigenvalue weighted by atomic mass is 10.0. The van der Waals surface area contributed by atoms with Crippen molar-refractivity contribution >= 4 is 23.6 Å². The third-order valence-electron chi connectivity index (χ3n) is 6.08. The van der Waals surface area contributed by atoms with Crippen LogP contribution >= 0.6 is 0 Å². The second-order valence-corrected chi connectivity index (χ2v) is 8.62. The van der Waals surface area contributed by atoms with E-state index in [1.807, 2.05) is 26.0 Å². The van der Waals surface area contributed by atoms with Crippen LogP contribution in [0.1, 0.15) is 72.3 Å². The molecule has 0 aliphatic carbocycles. The van der Waals surface area contributed by atoms with E-state index in [0.717, 1.165) is 35.3 Å². The zero-order chi connectivity index (χ0) is 25.8. The van der Waals surface area contributed by atoms with Crippen molar-refractivity contribution in [3.05, 3.63) is 52.2 Å². The van der Waals surface area contributed by atoms with Gasteiger partial charge in [-0.2, -0.15) is 0 Å². The van der Waals surface area contributed by atoms with Crippen molar-refractivity contribution in [2.75, 3.05) is 37.0 Å². The zero-order valence-corrected chi connectivity index (χ0v) is 21.2. The number of nitrogens with zero attached hydrogens (tertiary/aromatic N) is 1. The zero-order valence-electron chi connectivity index (χ0n) is 21.2. The molecule has 1 fully saturated rings. The van der Waals surface area contributed by atoms with E-state index >= 15 is 0 Å². The lowest BCUT2D eigenvalue weighted by Gasteiger charge is -2.28. The standard InChI is InChI=1S/C28H37N5O3/c1-3-25-24(19-31-28(35)21-11-9-20(10-12-21)8-6-5-7-15-34)26(32-22-13-16-36-17-14-22)23(18-29)27(33-25)30-4-2/h9-12,18,22,29,34H,3-5,7,13-17,19H2,1-2H3,(H,31,35)(H2,30,32,33). The Morgan fingerprint density at radius 1 is 1.25 bits per heavy atom. The van der Waals surface area contributed by atoms with E-state index in [4.69, 9.17) is 20.2 Å². The molecule has 2 heterocycles. The Labute approximate surface area is 213 Å². The Balaban J connectivity index is 1.82. The number of aryl methyl sites for hydroxylation is 1. The summed E-state index contributed by atoms with van der Waals surface area (Å²) in [4.78, 5) is 17.8. The number of aromatic nitrogens is 1. The van der Waals surface area contributed by atoms with Gasteiger partial charge in [0.25, 0.3) is 5.91 Å². The molecule has 0 spiro atoms. The molecular formula is C28H37N5O3. The first-order chi connectivity index (χ1) is 17.6. The lowest BCUT2D eigenvalue weighted by molar-refractivity contribution is 0.0904. The van der Waals surface area contributed by atoms with Gasteiger partial charge in [-0.05, 0) is 56.9 Å². The number of pyridine rings is 1. The van der Waals surface area contributed by atoms with Crippen molar-refractivity contribution in [2.24, 2.45) is 0 Å². The van der Waals surface area contributed by atoms with Crippen LogP contribution in [0.5, 0.6) is 0 Å². The Kier molecular flexibility index (Phi) is 10.7. The van der Waals surface area contributed by atoms with Crippen LogP contribution in [0, 0.1) is 17.3 Å². The van der Waals surface area contributed by atoms with E-state index in [1.165, 1.54) is 6.21 Å². The molecule has 2 aromatic rings. The van der Waals surface area contributed by atoms with Gasteiger partial charge in [0.15, 0.2) is 0 Å². The molecule has 0 saturated carbocycles. The first kappa shape index (κ1) is 27.2. The van der Waals surface area contributed by atoms with Gasteiger partial charge in [0.2, 0.25) is 0 Å². The third kappa shape index (κ3) is 7.30. The highest BCUT2D eigenvalue weighted by atomic mass is 16.5. The van der Waals surface area contributed by atoms with Crippen LogP contribution < -0.4 is 16.0 Å². The van der Waals surface area contributed by atoms with Crippen LogP contribution in [-0.4, -0.2) is 54.6 Å². The average Bonchev–Trinajstić information content (AvgIpc) is 2.91. The summed E-state index contributed by atoms with van der Waals surface area (Å²) in [6.45, 7) is 6.60. The predicted octanol–water partition coefficient (Wildman–Crippen LogP) is 3.72. The number of aliphatic hydroxyl groups excluding tert-OH is 1. The molecule has 1 saturated heterocycles. The van der Waals surface area contributed by atoms with Gasteiger partial charge in [-0.3, -0.25) is 4.79 Å². The number of carbonyl (C=O) groups excluding carboxylic acids is 1. The quantitative estimate of drug-likeness (QED) is 0.186. The van der Waals surface area contributed by atoms with Crippen LogP contribution in [0.15, 0.2) is 24.3 Å². The number of carbonyl (C=O) groups is 1. The molecule has 1 aliphatic heterocycles. The monoisotopic (exact) mass is 491 g/mol. The molecule has 0 bridgehead atoms. The fourth-order valence-corrected chi connectivity index (χ4v) is 4.13. The Hall–Kier alpha value is -3.41. The maximum Gasteiger partial charge on any atom is 0.251 e. The molecule has 5 N–H and O–H groups in total. The number of ether oxygens (including phenoxy) is 1. The van der Waals surface area contributed by atoms with Gasteiger partial charge >= 0.3 is 0 Å². The van der Waals surface area contributed by atoms with E-state index < -0.39 is 0 Å². The molecule has 3 rings (SSSR count). The summed E-state index contributed by atoms with van der Waals surface area (Å²) in [5, 5.41) is 26.9. The smallest absolute Gasteiger partial charge is 0.251 e. The minimum absolute atomic E-state index is 0.133. The SMILES string of the molecule is CCNc1nc(CC)c(CNC(=O)c2ccc(C#CCCCO)cc2)c(NC2CCOCC2)c1C=N. The topological polar surface area (TPSA) is 119 Å². The highest BCUT2D eigenvalue weighted by molar-refractivity contribution is 5.96. The van der Waals surface area contributed by atoms with Crippen molar-refractivity contribution in [2.45, 2.75) is 58.5 Å². The second-order valence-electron chi connectivity index (χ2n) is 8.62. The van der Waals surface area contributed by atoms with Gasteiger partial charge in [-0.15, -0.1) is 0 Å². The minimum Gasteiger partial charge on any atom is -0.396 e. The Bertz CT molecular complexity index is 1080. The number of amides is 1. The number of benzene rings is 1. The van der Waals surface area contributed by atoms with Crippen molar-refractivity contribution in [1.82, 2.24) is 10.3 Å². The van der Waals surface area contributed by atoms with Gasteiger partial charge in [-0.1, -0.05) is 18.8 Å². The minimum atomic E-state index is -0.180. The van der Waals surface area contributed by atoms with Gasteiger partial charge in [0, 0.05) is 74.0 Å². The van der Waals surface area contributed by atoms with Crippen LogP contribution in [0.25, 0.3) is 0 Å². The normalized spacial score (nSPS) is 13.4. The van der Waals surface area contributed by atoms with Gasteiger partial charge in [-0.25, -0.2) is 4.98 Å².